The topological polar surface area (TPSA) is 34.1 Å². The summed E-state index contributed by atoms with van der Waals surface area (Å²) in [7, 11) is 0. The van der Waals surface area contributed by atoms with Crippen LogP contribution in [0.15, 0.2) is 0 Å². The summed E-state index contributed by atoms with van der Waals surface area (Å²) < 4.78 is 0. The van der Waals surface area contributed by atoms with E-state index >= 15 is 0 Å². The summed E-state index contributed by atoms with van der Waals surface area (Å²) in [6.45, 7) is 7.71. The minimum absolute atomic E-state index is 0.0205. The van der Waals surface area contributed by atoms with Gasteiger partial charge in [-0.1, -0.05) is 40.5 Å². The largest absolute Gasteiger partial charge is 0.299 e. The molecule has 1 atom stereocenters. The molecule has 1 unspecified atom stereocenters. The number of hydrogen-bond acceptors (Lipinski definition) is 2. The van der Waals surface area contributed by atoms with E-state index in [4.69, 9.17) is 0 Å². The molecule has 0 aromatic rings. The van der Waals surface area contributed by atoms with Gasteiger partial charge < -0.3 is 0 Å². The Morgan fingerprint density at radius 1 is 1.33 bits per heavy atom. The van der Waals surface area contributed by atoms with Crippen LogP contribution in [-0.2, 0) is 9.59 Å². The first-order valence-corrected chi connectivity index (χ1v) is 5.94. The van der Waals surface area contributed by atoms with E-state index in [1.165, 1.54) is 0 Å². The molecular formula is C13H22O2. The predicted molar refractivity (Wildman–Crippen MR) is 60.6 cm³/mol. The third kappa shape index (κ3) is 2.67. The van der Waals surface area contributed by atoms with Gasteiger partial charge in [-0.3, -0.25) is 9.59 Å². The van der Waals surface area contributed by atoms with Crippen molar-refractivity contribution in [2.75, 3.05) is 0 Å². The van der Waals surface area contributed by atoms with E-state index in [0.29, 0.717) is 0 Å². The maximum atomic E-state index is 12.2. The Balaban J connectivity index is 2.88. The normalized spacial score (nSPS) is 26.5. The molecule has 1 saturated carbocycles. The van der Waals surface area contributed by atoms with Gasteiger partial charge in [-0.15, -0.1) is 0 Å². The summed E-state index contributed by atoms with van der Waals surface area (Å²) in [4.78, 5) is 24.1. The molecule has 0 radical (unpaired) electrons. The third-order valence-electron chi connectivity index (χ3n) is 3.44. The summed E-state index contributed by atoms with van der Waals surface area (Å²) in [5, 5.41) is 0. The van der Waals surface area contributed by atoms with Crippen LogP contribution < -0.4 is 0 Å². The molecule has 2 heteroatoms. The quantitative estimate of drug-likeness (QED) is 0.518. The van der Waals surface area contributed by atoms with Crippen molar-refractivity contribution in [1.29, 1.82) is 0 Å². The number of carbonyl (C=O) groups is 2. The summed E-state index contributed by atoms with van der Waals surface area (Å²) in [6.07, 6.45) is 3.77. The highest BCUT2D eigenvalue weighted by Gasteiger charge is 2.39. The zero-order valence-electron chi connectivity index (χ0n) is 10.3. The maximum absolute atomic E-state index is 12.2. The van der Waals surface area contributed by atoms with Crippen LogP contribution in [-0.4, -0.2) is 11.6 Å². The highest BCUT2D eigenvalue weighted by Crippen LogP contribution is 2.35. The number of rotatable bonds is 2. The van der Waals surface area contributed by atoms with Crippen molar-refractivity contribution in [2.24, 2.45) is 17.3 Å². The molecule has 0 spiro atoms. The average molecular weight is 210 g/mol. The van der Waals surface area contributed by atoms with Crippen LogP contribution in [0.4, 0.5) is 0 Å². The predicted octanol–water partition coefficient (Wildman–Crippen LogP) is 3.00. The Morgan fingerprint density at radius 2 is 1.93 bits per heavy atom. The Morgan fingerprint density at radius 3 is 2.47 bits per heavy atom. The SMILES string of the molecule is CC(C)C(=O)C1CCCCC(C)(C)C1=O. The molecule has 1 fully saturated rings. The van der Waals surface area contributed by atoms with Crippen molar-refractivity contribution in [3.63, 3.8) is 0 Å². The molecule has 0 saturated heterocycles. The number of hydrogen-bond donors (Lipinski definition) is 0. The van der Waals surface area contributed by atoms with Crippen LogP contribution in [0, 0.1) is 17.3 Å². The lowest BCUT2D eigenvalue weighted by Gasteiger charge is -2.25. The standard InChI is InChI=1S/C13H22O2/c1-9(2)11(14)10-7-5-6-8-13(3,4)12(10)15/h9-10H,5-8H2,1-4H3. The molecule has 0 aromatic carbocycles. The van der Waals surface area contributed by atoms with Gasteiger partial charge in [-0.2, -0.15) is 0 Å². The Bertz CT molecular complexity index is 264. The van der Waals surface area contributed by atoms with Gasteiger partial charge in [0.25, 0.3) is 0 Å². The maximum Gasteiger partial charge on any atom is 0.148 e. The first-order chi connectivity index (χ1) is 6.86. The van der Waals surface area contributed by atoms with Crippen molar-refractivity contribution < 1.29 is 9.59 Å². The van der Waals surface area contributed by atoms with Crippen LogP contribution in [0.1, 0.15) is 53.4 Å². The highest BCUT2D eigenvalue weighted by molar-refractivity contribution is 6.05. The summed E-state index contributed by atoms with van der Waals surface area (Å²) in [6, 6.07) is 0. The van der Waals surface area contributed by atoms with E-state index in [1.54, 1.807) is 0 Å². The Kier molecular flexibility index (Phi) is 3.69. The van der Waals surface area contributed by atoms with Gasteiger partial charge in [-0.25, -0.2) is 0 Å². The van der Waals surface area contributed by atoms with Gasteiger partial charge in [0.2, 0.25) is 0 Å². The molecule has 0 amide bonds. The van der Waals surface area contributed by atoms with Gasteiger partial charge in [-0.05, 0) is 12.8 Å². The van der Waals surface area contributed by atoms with Gasteiger partial charge in [0.15, 0.2) is 0 Å². The van der Waals surface area contributed by atoms with Gasteiger partial charge >= 0.3 is 0 Å². The number of ketones is 2. The zero-order chi connectivity index (χ0) is 11.6. The fourth-order valence-corrected chi connectivity index (χ4v) is 2.32. The van der Waals surface area contributed by atoms with E-state index in [9.17, 15) is 9.59 Å². The zero-order valence-corrected chi connectivity index (χ0v) is 10.3. The van der Waals surface area contributed by atoms with Crippen molar-refractivity contribution in [3.05, 3.63) is 0 Å². The Labute approximate surface area is 92.4 Å². The number of Topliss-reactive ketones (excluding diaryl/α,β-unsaturated/α-hetero) is 2. The fraction of sp³-hybridized carbons (Fsp3) is 0.846. The number of carbonyl (C=O) groups excluding carboxylic acids is 2. The molecule has 1 aliphatic rings. The lowest BCUT2D eigenvalue weighted by Crippen LogP contribution is -2.35. The van der Waals surface area contributed by atoms with Gasteiger partial charge in [0.05, 0.1) is 5.92 Å². The first-order valence-electron chi connectivity index (χ1n) is 5.94. The minimum atomic E-state index is -0.331. The van der Waals surface area contributed by atoms with Crippen LogP contribution in [0.5, 0.6) is 0 Å². The second-order valence-electron chi connectivity index (χ2n) is 5.60. The van der Waals surface area contributed by atoms with Crippen LogP contribution >= 0.6 is 0 Å². The molecule has 1 rings (SSSR count). The van der Waals surface area contributed by atoms with Crippen LogP contribution in [0.3, 0.4) is 0 Å². The third-order valence-corrected chi connectivity index (χ3v) is 3.44. The molecular weight excluding hydrogens is 188 g/mol. The van der Waals surface area contributed by atoms with E-state index in [0.717, 1.165) is 25.7 Å². The molecule has 86 valence electrons. The molecule has 2 nitrogen and oxygen atoms in total. The molecule has 1 aliphatic carbocycles. The summed E-state index contributed by atoms with van der Waals surface area (Å²) >= 11 is 0. The Hall–Kier alpha value is -0.660. The average Bonchev–Trinajstić information content (AvgIpc) is 2.27. The van der Waals surface area contributed by atoms with Crippen LogP contribution in [0.2, 0.25) is 0 Å². The van der Waals surface area contributed by atoms with Gasteiger partial charge in [0, 0.05) is 11.3 Å². The van der Waals surface area contributed by atoms with Crippen molar-refractivity contribution in [3.8, 4) is 0 Å². The molecule has 0 aliphatic heterocycles. The second kappa shape index (κ2) is 4.46. The molecule has 0 aromatic heterocycles. The lowest BCUT2D eigenvalue weighted by atomic mass is 9.77. The van der Waals surface area contributed by atoms with Crippen molar-refractivity contribution in [2.45, 2.75) is 53.4 Å². The van der Waals surface area contributed by atoms with Crippen molar-refractivity contribution in [1.82, 2.24) is 0 Å². The minimum Gasteiger partial charge on any atom is -0.299 e. The second-order valence-corrected chi connectivity index (χ2v) is 5.60. The van der Waals surface area contributed by atoms with E-state index in [-0.39, 0.29) is 28.8 Å². The monoisotopic (exact) mass is 210 g/mol. The van der Waals surface area contributed by atoms with Crippen LogP contribution in [0.25, 0.3) is 0 Å². The summed E-state index contributed by atoms with van der Waals surface area (Å²) in [5.74, 6) is -0.0518. The van der Waals surface area contributed by atoms with Crippen molar-refractivity contribution >= 4 is 11.6 Å². The molecule has 0 N–H and O–H groups in total. The molecule has 0 heterocycles. The molecule has 15 heavy (non-hydrogen) atoms. The van der Waals surface area contributed by atoms with E-state index < -0.39 is 0 Å². The highest BCUT2D eigenvalue weighted by atomic mass is 16.2. The van der Waals surface area contributed by atoms with E-state index in [1.807, 2.05) is 27.7 Å². The van der Waals surface area contributed by atoms with E-state index in [2.05, 4.69) is 0 Å². The van der Waals surface area contributed by atoms with Gasteiger partial charge in [0.1, 0.15) is 11.6 Å². The summed E-state index contributed by atoms with van der Waals surface area (Å²) in [5.41, 5.74) is -0.300. The molecule has 0 bridgehead atoms. The smallest absolute Gasteiger partial charge is 0.148 e. The lowest BCUT2D eigenvalue weighted by molar-refractivity contribution is -0.139. The fourth-order valence-electron chi connectivity index (χ4n) is 2.32. The first kappa shape index (κ1) is 12.4.